The number of nitrogen functional groups attached to an aromatic ring is 1. The first-order valence-electron chi connectivity index (χ1n) is 11.2. The third kappa shape index (κ3) is 8.65. The summed E-state index contributed by atoms with van der Waals surface area (Å²) < 4.78 is 11.4. The number of hydrogen-bond donors (Lipinski definition) is 3. The number of carbonyl (C=O) groups is 1. The molecule has 182 valence electrons. The number of para-hydroxylation sites is 1. The predicted octanol–water partition coefficient (Wildman–Crippen LogP) is 3.87. The van der Waals surface area contributed by atoms with E-state index < -0.39 is 6.10 Å². The van der Waals surface area contributed by atoms with Crippen molar-refractivity contribution in [3.05, 3.63) is 53.6 Å². The van der Waals surface area contributed by atoms with Gasteiger partial charge < -0.3 is 25.6 Å². The lowest BCUT2D eigenvalue weighted by Gasteiger charge is -2.21. The Hall–Kier alpha value is -2.09. The van der Waals surface area contributed by atoms with Crippen LogP contribution in [0.2, 0.25) is 0 Å². The summed E-state index contributed by atoms with van der Waals surface area (Å²) in [5, 5.41) is 13.4. The van der Waals surface area contributed by atoms with E-state index in [2.05, 4.69) is 11.4 Å². The molecule has 0 aliphatic heterocycles. The minimum atomic E-state index is -0.535. The van der Waals surface area contributed by atoms with Gasteiger partial charge in [-0.1, -0.05) is 24.3 Å². The summed E-state index contributed by atoms with van der Waals surface area (Å²) in [5.74, 6) is 2.36. The molecule has 1 aliphatic carbocycles. The molecule has 0 saturated carbocycles. The smallest absolute Gasteiger partial charge is 0.257 e. The van der Waals surface area contributed by atoms with E-state index >= 15 is 0 Å². The van der Waals surface area contributed by atoms with Gasteiger partial charge >= 0.3 is 0 Å². The number of fused-ring (bicyclic) bond motifs is 1. The van der Waals surface area contributed by atoms with E-state index in [1.54, 1.807) is 11.8 Å². The van der Waals surface area contributed by atoms with Crippen LogP contribution in [-0.4, -0.2) is 48.9 Å². The van der Waals surface area contributed by atoms with Crippen LogP contribution in [0.4, 0.5) is 5.69 Å². The topological polar surface area (TPSA) is 93.8 Å². The Labute approximate surface area is 207 Å². The minimum Gasteiger partial charge on any atom is -0.491 e. The maximum atomic E-state index is 12.0. The number of aryl methyl sites for hydroxylation is 1. The fourth-order valence-corrected chi connectivity index (χ4v) is 4.42. The summed E-state index contributed by atoms with van der Waals surface area (Å²) in [6.45, 7) is 0.856. The molecule has 0 radical (unpaired) electrons. The molecule has 1 unspecified atom stereocenters. The highest BCUT2D eigenvalue weighted by Crippen LogP contribution is 2.35. The molecule has 0 saturated heterocycles. The molecular formula is C25H35ClN2O4S. The number of benzene rings is 2. The van der Waals surface area contributed by atoms with Crippen LogP contribution in [0, 0.1) is 5.92 Å². The number of thioether (sulfide) groups is 1. The van der Waals surface area contributed by atoms with Crippen molar-refractivity contribution in [3.63, 3.8) is 0 Å². The largest absolute Gasteiger partial charge is 0.491 e. The monoisotopic (exact) mass is 494 g/mol. The van der Waals surface area contributed by atoms with Gasteiger partial charge in [0.15, 0.2) is 6.61 Å². The number of aliphatic hydroxyl groups is 1. The number of rotatable bonds is 11. The zero-order valence-corrected chi connectivity index (χ0v) is 20.8. The minimum absolute atomic E-state index is 0. The van der Waals surface area contributed by atoms with E-state index in [-0.39, 0.29) is 31.5 Å². The van der Waals surface area contributed by atoms with Gasteiger partial charge in [-0.05, 0) is 73.6 Å². The van der Waals surface area contributed by atoms with Crippen molar-refractivity contribution in [2.24, 2.45) is 5.92 Å². The van der Waals surface area contributed by atoms with E-state index in [9.17, 15) is 9.90 Å². The van der Waals surface area contributed by atoms with Crippen LogP contribution in [0.25, 0.3) is 0 Å². The average molecular weight is 495 g/mol. The SMILES string of the molecule is CSCCNC(=O)COc1ccc2c(c1N)CC(C[C@H](O)COc1ccccc1)CCC2.Cl. The molecule has 3 rings (SSSR count). The quantitative estimate of drug-likeness (QED) is 0.249. The molecule has 2 aromatic carbocycles. The van der Waals surface area contributed by atoms with Crippen LogP contribution in [0.3, 0.4) is 0 Å². The molecule has 0 aromatic heterocycles. The van der Waals surface area contributed by atoms with Crippen molar-refractivity contribution in [2.75, 3.05) is 37.5 Å². The molecule has 2 aromatic rings. The summed E-state index contributed by atoms with van der Waals surface area (Å²) in [6.07, 6.45) is 5.97. The standard InChI is InChI=1S/C25H34N2O4S.ClH/c1-32-13-12-27-24(29)17-31-23-11-10-19-7-5-6-18(15-22(19)25(23)26)14-20(28)16-30-21-8-3-2-4-9-21;/h2-4,8-11,18,20,28H,5-7,12-17,26H2,1H3,(H,27,29);1H/t18?,20-;/m0./s1. The predicted molar refractivity (Wildman–Crippen MR) is 138 cm³/mol. The van der Waals surface area contributed by atoms with E-state index in [0.29, 0.717) is 30.3 Å². The number of ether oxygens (including phenoxy) is 2. The van der Waals surface area contributed by atoms with Gasteiger partial charge in [0, 0.05) is 12.3 Å². The molecule has 1 aliphatic rings. The summed E-state index contributed by atoms with van der Waals surface area (Å²) in [5.41, 5.74) is 9.39. The fraction of sp³-hybridized carbons (Fsp3) is 0.480. The lowest BCUT2D eigenvalue weighted by Crippen LogP contribution is -2.30. The van der Waals surface area contributed by atoms with Gasteiger partial charge in [0.25, 0.3) is 5.91 Å². The lowest BCUT2D eigenvalue weighted by atomic mass is 9.91. The van der Waals surface area contributed by atoms with Gasteiger partial charge in [0.1, 0.15) is 18.1 Å². The fourth-order valence-electron chi connectivity index (χ4n) is 4.11. The number of aliphatic hydroxyl groups excluding tert-OH is 1. The summed E-state index contributed by atoms with van der Waals surface area (Å²) in [6, 6.07) is 13.5. The van der Waals surface area contributed by atoms with E-state index in [1.165, 1.54) is 5.56 Å². The number of hydrogen-bond acceptors (Lipinski definition) is 6. The van der Waals surface area contributed by atoms with E-state index in [4.69, 9.17) is 15.2 Å². The van der Waals surface area contributed by atoms with Crippen LogP contribution < -0.4 is 20.5 Å². The Kier molecular flexibility index (Phi) is 11.7. The Morgan fingerprint density at radius 1 is 1.24 bits per heavy atom. The summed E-state index contributed by atoms with van der Waals surface area (Å²) in [7, 11) is 0. The summed E-state index contributed by atoms with van der Waals surface area (Å²) >= 11 is 1.68. The van der Waals surface area contributed by atoms with Crippen molar-refractivity contribution in [3.8, 4) is 11.5 Å². The highest BCUT2D eigenvalue weighted by atomic mass is 35.5. The molecule has 4 N–H and O–H groups in total. The first kappa shape index (κ1) is 27.2. The molecule has 8 heteroatoms. The van der Waals surface area contributed by atoms with Gasteiger partial charge in [-0.3, -0.25) is 4.79 Å². The zero-order chi connectivity index (χ0) is 22.8. The normalized spacial score (nSPS) is 16.0. The Balaban J connectivity index is 0.00000385. The Bertz CT molecular complexity index is 869. The van der Waals surface area contributed by atoms with Crippen LogP contribution in [-0.2, 0) is 17.6 Å². The summed E-state index contributed by atoms with van der Waals surface area (Å²) in [4.78, 5) is 12.0. The first-order valence-corrected chi connectivity index (χ1v) is 12.6. The molecule has 0 fully saturated rings. The second-order valence-electron chi connectivity index (χ2n) is 8.22. The van der Waals surface area contributed by atoms with Crippen molar-refractivity contribution in [2.45, 2.75) is 38.2 Å². The van der Waals surface area contributed by atoms with Crippen LogP contribution in [0.5, 0.6) is 11.5 Å². The second kappa shape index (κ2) is 14.2. The number of nitrogens with two attached hydrogens (primary N) is 1. The van der Waals surface area contributed by atoms with Gasteiger partial charge in [-0.15, -0.1) is 12.4 Å². The van der Waals surface area contributed by atoms with Crippen molar-refractivity contribution >= 4 is 35.8 Å². The van der Waals surface area contributed by atoms with Crippen LogP contribution in [0.15, 0.2) is 42.5 Å². The number of amides is 1. The number of anilines is 1. The Morgan fingerprint density at radius 3 is 2.79 bits per heavy atom. The zero-order valence-electron chi connectivity index (χ0n) is 19.1. The maximum absolute atomic E-state index is 12.0. The highest BCUT2D eigenvalue weighted by Gasteiger charge is 2.23. The molecule has 33 heavy (non-hydrogen) atoms. The molecule has 1 amide bonds. The highest BCUT2D eigenvalue weighted by molar-refractivity contribution is 7.98. The first-order chi connectivity index (χ1) is 15.6. The van der Waals surface area contributed by atoms with Crippen molar-refractivity contribution in [1.29, 1.82) is 0 Å². The maximum Gasteiger partial charge on any atom is 0.257 e. The van der Waals surface area contributed by atoms with Crippen LogP contribution in [0.1, 0.15) is 30.4 Å². The van der Waals surface area contributed by atoms with Gasteiger partial charge in [-0.2, -0.15) is 11.8 Å². The number of halogens is 1. The van der Waals surface area contributed by atoms with Crippen molar-refractivity contribution < 1.29 is 19.4 Å². The molecule has 0 spiro atoms. The molecule has 6 nitrogen and oxygen atoms in total. The third-order valence-corrected chi connectivity index (χ3v) is 6.36. The lowest BCUT2D eigenvalue weighted by molar-refractivity contribution is -0.122. The molecule has 0 heterocycles. The molecular weight excluding hydrogens is 460 g/mol. The molecule has 2 atom stereocenters. The van der Waals surface area contributed by atoms with Crippen LogP contribution >= 0.6 is 24.2 Å². The average Bonchev–Trinajstić information content (AvgIpc) is 3.00. The van der Waals surface area contributed by atoms with E-state index in [1.807, 2.05) is 42.7 Å². The van der Waals surface area contributed by atoms with Crippen molar-refractivity contribution in [1.82, 2.24) is 5.32 Å². The Morgan fingerprint density at radius 2 is 2.03 bits per heavy atom. The van der Waals surface area contributed by atoms with Gasteiger partial charge in [0.2, 0.25) is 0 Å². The third-order valence-electron chi connectivity index (χ3n) is 5.74. The number of carbonyl (C=O) groups excluding carboxylic acids is 1. The molecule has 0 bridgehead atoms. The number of nitrogens with one attached hydrogen (secondary N) is 1. The van der Waals surface area contributed by atoms with Gasteiger partial charge in [-0.25, -0.2) is 0 Å². The van der Waals surface area contributed by atoms with Gasteiger partial charge in [0.05, 0.1) is 11.8 Å². The van der Waals surface area contributed by atoms with E-state index in [0.717, 1.165) is 42.7 Å². The second-order valence-corrected chi connectivity index (χ2v) is 9.21.